The van der Waals surface area contributed by atoms with Crippen molar-refractivity contribution in [3.8, 4) is 22.5 Å². The quantitative estimate of drug-likeness (QED) is 0.577. The van der Waals surface area contributed by atoms with Gasteiger partial charge in [0.25, 0.3) is 0 Å². The van der Waals surface area contributed by atoms with Crippen molar-refractivity contribution in [3.63, 3.8) is 0 Å². The van der Waals surface area contributed by atoms with E-state index in [2.05, 4.69) is 51.7 Å². The standard InChI is InChI=1S/C26H26N4O/c31-26(21-6-2-1-3-7-21)29-16-18-9-11-19(12-10-18)24-22(23-8-4-5-15-27-23)17-28-25(30-24)20-13-14-20/h1-2,4-5,8-12,15,17,20-21H,3,6-7,13-14,16H2,(H,29,31)/t21-/m0/s1. The Morgan fingerprint density at radius 1 is 1.00 bits per heavy atom. The van der Waals surface area contributed by atoms with E-state index in [0.29, 0.717) is 12.5 Å². The minimum atomic E-state index is 0.104. The van der Waals surface area contributed by atoms with Gasteiger partial charge in [-0.25, -0.2) is 9.97 Å². The van der Waals surface area contributed by atoms with Crippen LogP contribution in [-0.2, 0) is 11.3 Å². The van der Waals surface area contributed by atoms with Gasteiger partial charge in [0, 0.05) is 41.9 Å². The van der Waals surface area contributed by atoms with Gasteiger partial charge in [-0.1, -0.05) is 42.5 Å². The Bertz CT molecular complexity index is 1090. The Hall–Kier alpha value is -3.34. The maximum Gasteiger partial charge on any atom is 0.223 e. The van der Waals surface area contributed by atoms with Crippen molar-refractivity contribution < 1.29 is 4.79 Å². The number of allylic oxidation sites excluding steroid dienone is 2. The molecule has 0 saturated heterocycles. The van der Waals surface area contributed by atoms with E-state index in [4.69, 9.17) is 4.98 Å². The summed E-state index contributed by atoms with van der Waals surface area (Å²) in [5.74, 6) is 1.66. The van der Waals surface area contributed by atoms with E-state index in [9.17, 15) is 4.79 Å². The molecule has 2 aliphatic rings. The molecule has 2 heterocycles. The molecule has 5 rings (SSSR count). The Morgan fingerprint density at radius 2 is 1.87 bits per heavy atom. The van der Waals surface area contributed by atoms with Gasteiger partial charge < -0.3 is 5.32 Å². The van der Waals surface area contributed by atoms with Crippen LogP contribution in [0.15, 0.2) is 67.0 Å². The number of carbonyl (C=O) groups excluding carboxylic acids is 1. The molecule has 2 aliphatic carbocycles. The zero-order chi connectivity index (χ0) is 21.0. The van der Waals surface area contributed by atoms with Gasteiger partial charge in [0.2, 0.25) is 5.91 Å². The van der Waals surface area contributed by atoms with Crippen molar-refractivity contribution in [3.05, 3.63) is 78.4 Å². The average Bonchev–Trinajstić information content (AvgIpc) is 3.69. The van der Waals surface area contributed by atoms with Crippen LogP contribution in [0.25, 0.3) is 22.5 Å². The van der Waals surface area contributed by atoms with Gasteiger partial charge in [0.15, 0.2) is 0 Å². The van der Waals surface area contributed by atoms with Crippen LogP contribution in [-0.4, -0.2) is 20.9 Å². The topological polar surface area (TPSA) is 67.8 Å². The smallest absolute Gasteiger partial charge is 0.223 e. The molecule has 2 aromatic heterocycles. The molecular formula is C26H26N4O. The summed E-state index contributed by atoms with van der Waals surface area (Å²) in [6, 6.07) is 14.2. The zero-order valence-corrected chi connectivity index (χ0v) is 17.5. The van der Waals surface area contributed by atoms with Gasteiger partial charge in [-0.2, -0.15) is 0 Å². The van der Waals surface area contributed by atoms with Crippen molar-refractivity contribution in [1.82, 2.24) is 20.3 Å². The van der Waals surface area contributed by atoms with Gasteiger partial charge in [0.05, 0.1) is 11.4 Å². The second-order valence-corrected chi connectivity index (χ2v) is 8.38. The highest BCUT2D eigenvalue weighted by Crippen LogP contribution is 2.40. The molecule has 0 radical (unpaired) electrons. The lowest BCUT2D eigenvalue weighted by atomic mass is 9.93. The van der Waals surface area contributed by atoms with Crippen LogP contribution in [0.2, 0.25) is 0 Å². The number of aromatic nitrogens is 3. The lowest BCUT2D eigenvalue weighted by Crippen LogP contribution is -2.30. The lowest BCUT2D eigenvalue weighted by molar-refractivity contribution is -0.125. The summed E-state index contributed by atoms with van der Waals surface area (Å²) in [5.41, 5.74) is 4.85. The minimum absolute atomic E-state index is 0.104. The fourth-order valence-corrected chi connectivity index (χ4v) is 4.01. The van der Waals surface area contributed by atoms with Gasteiger partial charge in [0.1, 0.15) is 5.82 Å². The number of carbonyl (C=O) groups is 1. The maximum absolute atomic E-state index is 12.4. The summed E-state index contributed by atoms with van der Waals surface area (Å²) < 4.78 is 0. The first-order valence-electron chi connectivity index (χ1n) is 11.1. The second-order valence-electron chi connectivity index (χ2n) is 8.38. The Kier molecular flexibility index (Phi) is 5.57. The van der Waals surface area contributed by atoms with Crippen LogP contribution in [0.4, 0.5) is 0 Å². The van der Waals surface area contributed by atoms with Crippen LogP contribution >= 0.6 is 0 Å². The highest BCUT2D eigenvalue weighted by Gasteiger charge is 2.27. The van der Waals surface area contributed by atoms with E-state index >= 15 is 0 Å². The van der Waals surface area contributed by atoms with Crippen molar-refractivity contribution >= 4 is 5.91 Å². The number of hydrogen-bond donors (Lipinski definition) is 1. The summed E-state index contributed by atoms with van der Waals surface area (Å²) in [5, 5.41) is 3.09. The highest BCUT2D eigenvalue weighted by atomic mass is 16.1. The minimum Gasteiger partial charge on any atom is -0.352 e. The Morgan fingerprint density at radius 3 is 2.58 bits per heavy atom. The fraction of sp³-hybridized carbons (Fsp3) is 0.308. The van der Waals surface area contributed by atoms with E-state index in [-0.39, 0.29) is 11.8 Å². The first-order chi connectivity index (χ1) is 15.3. The molecule has 1 saturated carbocycles. The predicted molar refractivity (Wildman–Crippen MR) is 121 cm³/mol. The Labute approximate surface area is 182 Å². The first kappa shape index (κ1) is 19.6. The maximum atomic E-state index is 12.4. The summed E-state index contributed by atoms with van der Waals surface area (Å²) in [6.07, 6.45) is 13.1. The molecule has 0 spiro atoms. The van der Waals surface area contributed by atoms with Gasteiger partial charge in [-0.15, -0.1) is 0 Å². The fourth-order valence-electron chi connectivity index (χ4n) is 4.01. The summed E-state index contributed by atoms with van der Waals surface area (Å²) in [4.78, 5) is 26.4. The normalized spacial score (nSPS) is 18.0. The van der Waals surface area contributed by atoms with Gasteiger partial charge >= 0.3 is 0 Å². The van der Waals surface area contributed by atoms with Crippen molar-refractivity contribution in [2.24, 2.45) is 5.92 Å². The first-order valence-corrected chi connectivity index (χ1v) is 11.1. The molecule has 0 bridgehead atoms. The second kappa shape index (κ2) is 8.80. The van der Waals surface area contributed by atoms with E-state index < -0.39 is 0 Å². The molecule has 0 unspecified atom stereocenters. The third kappa shape index (κ3) is 4.55. The summed E-state index contributed by atoms with van der Waals surface area (Å²) >= 11 is 0. The molecule has 5 nitrogen and oxygen atoms in total. The molecule has 5 heteroatoms. The molecule has 1 N–H and O–H groups in total. The van der Waals surface area contributed by atoms with E-state index in [0.717, 1.165) is 66.0 Å². The number of benzene rings is 1. The molecule has 156 valence electrons. The number of hydrogen-bond acceptors (Lipinski definition) is 4. The van der Waals surface area contributed by atoms with Crippen LogP contribution in [0, 0.1) is 5.92 Å². The van der Waals surface area contributed by atoms with Crippen molar-refractivity contribution in [1.29, 1.82) is 0 Å². The molecule has 3 aromatic rings. The molecule has 1 aromatic carbocycles. The average molecular weight is 411 g/mol. The predicted octanol–water partition coefficient (Wildman–Crippen LogP) is 5.06. The van der Waals surface area contributed by atoms with Gasteiger partial charge in [-0.05, 0) is 49.8 Å². The largest absolute Gasteiger partial charge is 0.352 e. The monoisotopic (exact) mass is 410 g/mol. The molecule has 31 heavy (non-hydrogen) atoms. The number of pyridine rings is 1. The van der Waals surface area contributed by atoms with Crippen LogP contribution in [0.3, 0.4) is 0 Å². The third-order valence-corrected chi connectivity index (χ3v) is 6.02. The molecule has 0 aliphatic heterocycles. The molecule has 1 fully saturated rings. The van der Waals surface area contributed by atoms with Crippen LogP contribution in [0.1, 0.15) is 49.4 Å². The summed E-state index contributed by atoms with van der Waals surface area (Å²) in [6.45, 7) is 0.545. The Balaban J connectivity index is 1.35. The van der Waals surface area contributed by atoms with Crippen molar-refractivity contribution in [2.75, 3.05) is 0 Å². The van der Waals surface area contributed by atoms with E-state index in [1.54, 1.807) is 6.20 Å². The third-order valence-electron chi connectivity index (χ3n) is 6.02. The molecular weight excluding hydrogens is 384 g/mol. The number of amides is 1. The van der Waals surface area contributed by atoms with Gasteiger partial charge in [-0.3, -0.25) is 9.78 Å². The van der Waals surface area contributed by atoms with Crippen LogP contribution in [0.5, 0.6) is 0 Å². The van der Waals surface area contributed by atoms with E-state index in [1.807, 2.05) is 24.4 Å². The van der Waals surface area contributed by atoms with E-state index in [1.165, 1.54) is 0 Å². The molecule has 1 amide bonds. The zero-order valence-electron chi connectivity index (χ0n) is 17.5. The van der Waals surface area contributed by atoms with Crippen LogP contribution < -0.4 is 5.32 Å². The lowest BCUT2D eigenvalue weighted by Gasteiger charge is -2.17. The number of nitrogens with zero attached hydrogens (tertiary/aromatic N) is 3. The highest BCUT2D eigenvalue weighted by molar-refractivity contribution is 5.79. The molecule has 1 atom stereocenters. The summed E-state index contributed by atoms with van der Waals surface area (Å²) in [7, 11) is 0. The SMILES string of the molecule is O=C(NCc1ccc(-c2nc(C3CC3)ncc2-c2ccccn2)cc1)[C@H]1CC=CCC1. The number of rotatable bonds is 6. The number of nitrogens with one attached hydrogen (secondary N) is 1. The van der Waals surface area contributed by atoms with Crippen molar-refractivity contribution in [2.45, 2.75) is 44.6 Å².